The Morgan fingerprint density at radius 1 is 1.23 bits per heavy atom. The highest BCUT2D eigenvalue weighted by Crippen LogP contribution is 2.30. The van der Waals surface area contributed by atoms with Gasteiger partial charge in [-0.15, -0.1) is 0 Å². The number of nitrogens with zero attached hydrogens (tertiary/aromatic N) is 2. The van der Waals surface area contributed by atoms with Crippen LogP contribution in [-0.4, -0.2) is 44.5 Å². The molecular formula is C21H23N5O4. The second kappa shape index (κ2) is 7.08. The minimum atomic E-state index is -0.668. The average molecular weight is 409 g/mol. The van der Waals surface area contributed by atoms with E-state index < -0.39 is 11.9 Å². The van der Waals surface area contributed by atoms with Gasteiger partial charge in [-0.25, -0.2) is 4.98 Å². The van der Waals surface area contributed by atoms with E-state index in [0.717, 1.165) is 11.3 Å². The van der Waals surface area contributed by atoms with Gasteiger partial charge in [0.1, 0.15) is 11.7 Å². The lowest BCUT2D eigenvalue weighted by molar-refractivity contribution is -0.136. The molecule has 1 unspecified atom stereocenters. The molecular weight excluding hydrogens is 386 g/mol. The lowest BCUT2D eigenvalue weighted by atomic mass is 9.90. The van der Waals surface area contributed by atoms with Crippen LogP contribution in [-0.2, 0) is 21.5 Å². The van der Waals surface area contributed by atoms with Crippen LogP contribution in [0.1, 0.15) is 65.7 Å². The predicted molar refractivity (Wildman–Crippen MR) is 108 cm³/mol. The number of carbonyl (C=O) groups excluding carboxylic acids is 4. The number of fused-ring (bicyclic) bond motifs is 1. The number of amides is 4. The number of aromatic nitrogens is 2. The Balaban J connectivity index is 1.52. The Morgan fingerprint density at radius 2 is 2.00 bits per heavy atom. The number of H-pyrrole nitrogens is 1. The summed E-state index contributed by atoms with van der Waals surface area (Å²) in [7, 11) is 0. The summed E-state index contributed by atoms with van der Waals surface area (Å²) < 4.78 is 0. The molecule has 1 saturated heterocycles. The Hall–Kier alpha value is -3.49. The number of benzene rings is 1. The second-order valence-corrected chi connectivity index (χ2v) is 8.60. The number of carbonyl (C=O) groups is 4. The molecule has 0 bridgehead atoms. The molecule has 0 saturated carbocycles. The summed E-state index contributed by atoms with van der Waals surface area (Å²) in [6.45, 7) is 6.21. The molecule has 2 aliphatic heterocycles. The largest absolute Gasteiger partial charge is 0.347 e. The van der Waals surface area contributed by atoms with E-state index in [1.807, 2.05) is 20.8 Å². The predicted octanol–water partition coefficient (Wildman–Crippen LogP) is 1.72. The van der Waals surface area contributed by atoms with E-state index in [0.29, 0.717) is 23.4 Å². The van der Waals surface area contributed by atoms with Crippen molar-refractivity contribution in [3.05, 3.63) is 47.0 Å². The van der Waals surface area contributed by atoms with Crippen LogP contribution in [0.25, 0.3) is 0 Å². The quantitative estimate of drug-likeness (QED) is 0.666. The molecule has 30 heavy (non-hydrogen) atoms. The van der Waals surface area contributed by atoms with Crippen LogP contribution >= 0.6 is 0 Å². The fraction of sp³-hybridized carbons (Fsp3) is 0.381. The molecule has 0 aliphatic carbocycles. The molecule has 0 radical (unpaired) electrons. The Labute approximate surface area is 173 Å². The van der Waals surface area contributed by atoms with Gasteiger partial charge in [-0.05, 0) is 30.2 Å². The molecule has 3 heterocycles. The number of nitrogens with one attached hydrogen (secondary N) is 3. The maximum absolute atomic E-state index is 12.8. The minimum Gasteiger partial charge on any atom is -0.347 e. The molecule has 9 heteroatoms. The number of hydrogen-bond acceptors (Lipinski definition) is 5. The number of hydrogen-bond donors (Lipinski definition) is 3. The summed E-state index contributed by atoms with van der Waals surface area (Å²) in [6, 6.07) is 4.37. The highest BCUT2D eigenvalue weighted by Gasteiger charge is 2.39. The highest BCUT2D eigenvalue weighted by atomic mass is 16.2. The van der Waals surface area contributed by atoms with Crippen molar-refractivity contribution in [2.75, 3.05) is 5.32 Å². The van der Waals surface area contributed by atoms with Gasteiger partial charge in [0.25, 0.3) is 11.8 Å². The number of rotatable bonds is 3. The zero-order valence-electron chi connectivity index (χ0n) is 17.0. The van der Waals surface area contributed by atoms with E-state index in [4.69, 9.17) is 0 Å². The van der Waals surface area contributed by atoms with Gasteiger partial charge in [0, 0.05) is 29.6 Å². The monoisotopic (exact) mass is 409 g/mol. The van der Waals surface area contributed by atoms with E-state index in [1.54, 1.807) is 18.2 Å². The van der Waals surface area contributed by atoms with Crippen molar-refractivity contribution in [2.45, 2.75) is 51.6 Å². The first kappa shape index (κ1) is 19.8. The standard InChI is InChI=1S/C21H23N5O4/c1-21(2,3)17-16(22-10-23-17)19(29)24-12-4-5-13-11(8-12)9-26(20(13)30)14-6-7-15(27)25-18(14)28/h4-5,8,10,14H,6-7,9H2,1-3H3,(H,22,23)(H,24,29)(H,25,27,28). The first-order valence-corrected chi connectivity index (χ1v) is 9.78. The van der Waals surface area contributed by atoms with Crippen LogP contribution in [0.3, 0.4) is 0 Å². The first-order valence-electron chi connectivity index (χ1n) is 9.78. The summed E-state index contributed by atoms with van der Waals surface area (Å²) >= 11 is 0. The lowest BCUT2D eigenvalue weighted by Gasteiger charge is -2.29. The zero-order chi connectivity index (χ0) is 21.6. The summed E-state index contributed by atoms with van der Waals surface area (Å²) in [5, 5.41) is 5.12. The van der Waals surface area contributed by atoms with Gasteiger partial charge in [0.2, 0.25) is 11.8 Å². The van der Waals surface area contributed by atoms with Gasteiger partial charge in [-0.3, -0.25) is 24.5 Å². The molecule has 3 N–H and O–H groups in total. The van der Waals surface area contributed by atoms with Crippen LogP contribution in [0.5, 0.6) is 0 Å². The summed E-state index contributed by atoms with van der Waals surface area (Å²) in [5.74, 6) is -1.36. The SMILES string of the molecule is CC(C)(C)c1[nH]cnc1C(=O)Nc1ccc2c(c1)CN(C1CCC(=O)NC1=O)C2=O. The van der Waals surface area contributed by atoms with Gasteiger partial charge in [0.05, 0.1) is 12.0 Å². The summed E-state index contributed by atoms with van der Waals surface area (Å²) in [6.07, 6.45) is 2.01. The van der Waals surface area contributed by atoms with Crippen LogP contribution in [0.4, 0.5) is 5.69 Å². The fourth-order valence-electron chi connectivity index (χ4n) is 3.88. The van der Waals surface area contributed by atoms with Crippen molar-refractivity contribution in [3.8, 4) is 0 Å². The smallest absolute Gasteiger partial charge is 0.276 e. The molecule has 4 amide bonds. The second-order valence-electron chi connectivity index (χ2n) is 8.60. The van der Waals surface area contributed by atoms with Crippen LogP contribution < -0.4 is 10.6 Å². The van der Waals surface area contributed by atoms with Gasteiger partial charge in [-0.1, -0.05) is 20.8 Å². The third-order valence-electron chi connectivity index (χ3n) is 5.39. The molecule has 1 aromatic carbocycles. The Bertz CT molecular complexity index is 1070. The zero-order valence-corrected chi connectivity index (χ0v) is 17.0. The number of anilines is 1. The molecule has 0 spiro atoms. The van der Waals surface area contributed by atoms with E-state index in [1.165, 1.54) is 11.2 Å². The molecule has 9 nitrogen and oxygen atoms in total. The van der Waals surface area contributed by atoms with Gasteiger partial charge >= 0.3 is 0 Å². The number of imide groups is 1. The van der Waals surface area contributed by atoms with Crippen LogP contribution in [0.2, 0.25) is 0 Å². The van der Waals surface area contributed by atoms with Crippen molar-refractivity contribution in [2.24, 2.45) is 0 Å². The molecule has 2 aromatic rings. The van der Waals surface area contributed by atoms with Crippen molar-refractivity contribution < 1.29 is 19.2 Å². The molecule has 1 aromatic heterocycles. The molecule has 1 fully saturated rings. The maximum atomic E-state index is 12.8. The van der Waals surface area contributed by atoms with Crippen molar-refractivity contribution in [1.82, 2.24) is 20.2 Å². The van der Waals surface area contributed by atoms with Gasteiger partial charge in [0.15, 0.2) is 0 Å². The van der Waals surface area contributed by atoms with E-state index in [-0.39, 0.29) is 36.1 Å². The molecule has 2 aliphatic rings. The minimum absolute atomic E-state index is 0.206. The van der Waals surface area contributed by atoms with Crippen molar-refractivity contribution in [1.29, 1.82) is 0 Å². The summed E-state index contributed by atoms with van der Waals surface area (Å²) in [4.78, 5) is 57.7. The van der Waals surface area contributed by atoms with Gasteiger partial charge in [-0.2, -0.15) is 0 Å². The average Bonchev–Trinajstić information content (AvgIpc) is 3.27. The van der Waals surface area contributed by atoms with Crippen LogP contribution in [0, 0.1) is 0 Å². The first-order chi connectivity index (χ1) is 14.1. The fourth-order valence-corrected chi connectivity index (χ4v) is 3.88. The van der Waals surface area contributed by atoms with Gasteiger partial charge < -0.3 is 15.2 Å². The van der Waals surface area contributed by atoms with Crippen molar-refractivity contribution >= 4 is 29.3 Å². The lowest BCUT2D eigenvalue weighted by Crippen LogP contribution is -2.52. The normalized spacial score (nSPS) is 19.0. The molecule has 156 valence electrons. The molecule has 1 atom stereocenters. The Kier molecular flexibility index (Phi) is 4.68. The number of aromatic amines is 1. The third-order valence-corrected chi connectivity index (χ3v) is 5.39. The third kappa shape index (κ3) is 3.47. The Morgan fingerprint density at radius 3 is 2.70 bits per heavy atom. The highest BCUT2D eigenvalue weighted by molar-refractivity contribution is 6.07. The molecule has 4 rings (SSSR count). The van der Waals surface area contributed by atoms with E-state index >= 15 is 0 Å². The van der Waals surface area contributed by atoms with Crippen molar-refractivity contribution in [3.63, 3.8) is 0 Å². The van der Waals surface area contributed by atoms with Crippen LogP contribution in [0.15, 0.2) is 24.5 Å². The number of piperidine rings is 1. The number of imidazole rings is 1. The van der Waals surface area contributed by atoms with E-state index in [9.17, 15) is 19.2 Å². The summed E-state index contributed by atoms with van der Waals surface area (Å²) in [5.41, 5.74) is 2.55. The topological polar surface area (TPSA) is 124 Å². The van der Waals surface area contributed by atoms with E-state index in [2.05, 4.69) is 20.6 Å². The maximum Gasteiger partial charge on any atom is 0.276 e.